The van der Waals surface area contributed by atoms with Crippen LogP contribution in [0, 0.1) is 17.8 Å². The van der Waals surface area contributed by atoms with Gasteiger partial charge in [-0.25, -0.2) is 0 Å². The lowest BCUT2D eigenvalue weighted by Gasteiger charge is -2.50. The molecule has 4 atom stereocenters. The Kier molecular flexibility index (Phi) is 5.61. The van der Waals surface area contributed by atoms with E-state index in [0.717, 1.165) is 11.1 Å². The minimum absolute atomic E-state index is 0.0858. The molecule has 4 unspecified atom stereocenters. The summed E-state index contributed by atoms with van der Waals surface area (Å²) in [7, 11) is 3.15. The van der Waals surface area contributed by atoms with Crippen molar-refractivity contribution in [2.75, 3.05) is 14.1 Å². The molecule has 34 heavy (non-hydrogen) atoms. The van der Waals surface area contributed by atoms with E-state index in [1.807, 2.05) is 13.8 Å². The van der Waals surface area contributed by atoms with E-state index >= 15 is 0 Å². The number of amides is 1. The minimum Gasteiger partial charge on any atom is -0.508 e. The maximum Gasteiger partial charge on any atom is 0.255 e. The first kappa shape index (κ1) is 24.0. The molecule has 1 saturated carbocycles. The van der Waals surface area contributed by atoms with Gasteiger partial charge in [0.25, 0.3) is 5.91 Å². The molecule has 1 aromatic rings. The fraction of sp³-hybridized carbons (Fsp3) is 0.480. The molecule has 0 spiro atoms. The average Bonchev–Trinajstić information content (AvgIpc) is 2.72. The SMILES string of the molecule is CC(C)Cc1ccc(O)c2c1CC1CC3C(N(C)C)C(=O)C(C(N)=O)=C(O)C3(O)C(=O)C1=C2O. The molecule has 1 aromatic carbocycles. The van der Waals surface area contributed by atoms with Crippen LogP contribution < -0.4 is 5.73 Å². The van der Waals surface area contributed by atoms with Crippen molar-refractivity contribution >= 4 is 23.2 Å². The van der Waals surface area contributed by atoms with Gasteiger partial charge in [0.2, 0.25) is 5.78 Å². The van der Waals surface area contributed by atoms with Crippen molar-refractivity contribution < 1.29 is 34.8 Å². The van der Waals surface area contributed by atoms with Gasteiger partial charge in [0.1, 0.15) is 22.8 Å². The second-order valence-electron chi connectivity index (χ2n) is 10.2. The fourth-order valence-corrected chi connectivity index (χ4v) is 5.94. The minimum atomic E-state index is -2.62. The van der Waals surface area contributed by atoms with Crippen molar-refractivity contribution in [2.24, 2.45) is 23.5 Å². The second kappa shape index (κ2) is 7.95. The molecule has 4 rings (SSSR count). The number of carbonyl (C=O) groups excluding carboxylic acids is 3. The van der Waals surface area contributed by atoms with Crippen molar-refractivity contribution in [1.29, 1.82) is 0 Å². The fourth-order valence-electron chi connectivity index (χ4n) is 5.94. The van der Waals surface area contributed by atoms with Crippen LogP contribution in [0.25, 0.3) is 5.76 Å². The number of nitrogens with zero attached hydrogens (tertiary/aromatic N) is 1. The Labute approximate surface area is 197 Å². The number of rotatable bonds is 4. The molecule has 0 radical (unpaired) electrons. The molecule has 0 aromatic heterocycles. The molecular weight excluding hydrogens is 440 g/mol. The van der Waals surface area contributed by atoms with Crippen molar-refractivity contribution in [1.82, 2.24) is 4.90 Å². The predicted molar refractivity (Wildman–Crippen MR) is 123 cm³/mol. The van der Waals surface area contributed by atoms with Crippen LogP contribution in [-0.2, 0) is 27.2 Å². The molecular formula is C25H30N2O7. The smallest absolute Gasteiger partial charge is 0.255 e. The summed E-state index contributed by atoms with van der Waals surface area (Å²) >= 11 is 0. The normalized spacial score (nSPS) is 28.9. The number of benzene rings is 1. The summed E-state index contributed by atoms with van der Waals surface area (Å²) < 4.78 is 0. The second-order valence-corrected chi connectivity index (χ2v) is 10.2. The number of ketones is 2. The van der Waals surface area contributed by atoms with E-state index in [1.54, 1.807) is 20.2 Å². The van der Waals surface area contributed by atoms with E-state index < -0.39 is 58.0 Å². The molecule has 3 aliphatic rings. The molecule has 182 valence electrons. The van der Waals surface area contributed by atoms with Crippen LogP contribution in [0.3, 0.4) is 0 Å². The van der Waals surface area contributed by atoms with Crippen molar-refractivity contribution in [3.05, 3.63) is 45.7 Å². The number of aromatic hydroxyl groups is 1. The van der Waals surface area contributed by atoms with E-state index in [0.29, 0.717) is 18.8 Å². The molecule has 0 heterocycles. The van der Waals surface area contributed by atoms with Gasteiger partial charge in [0.05, 0.1) is 11.6 Å². The number of primary amides is 1. The van der Waals surface area contributed by atoms with Gasteiger partial charge < -0.3 is 26.2 Å². The summed E-state index contributed by atoms with van der Waals surface area (Å²) in [5.41, 5.74) is 3.55. The highest BCUT2D eigenvalue weighted by atomic mass is 16.3. The summed E-state index contributed by atoms with van der Waals surface area (Å²) in [6, 6.07) is 2.17. The standard InChI is InChI=1S/C25H30N2O7/c1-10(2)7-11-5-6-15(28)17-13(11)8-12-9-14-19(27(3)4)21(30)18(24(26)33)23(32)25(14,34)22(31)16(12)20(17)29/h5-6,10,12,14,19,28-29,32,34H,7-9H2,1-4H3,(H2,26,33). The zero-order valence-electron chi connectivity index (χ0n) is 19.6. The lowest BCUT2D eigenvalue weighted by Crippen LogP contribution is -2.65. The Bertz CT molecular complexity index is 1180. The monoisotopic (exact) mass is 470 g/mol. The Balaban J connectivity index is 1.96. The lowest BCUT2D eigenvalue weighted by atomic mass is 9.57. The third-order valence-electron chi connectivity index (χ3n) is 7.33. The van der Waals surface area contributed by atoms with Crippen LogP contribution in [0.15, 0.2) is 29.0 Å². The van der Waals surface area contributed by atoms with Gasteiger partial charge in [-0.05, 0) is 62.4 Å². The highest BCUT2D eigenvalue weighted by molar-refractivity contribution is 6.24. The zero-order chi connectivity index (χ0) is 25.3. The van der Waals surface area contributed by atoms with Crippen LogP contribution in [0.1, 0.15) is 37.0 Å². The van der Waals surface area contributed by atoms with Crippen LogP contribution in [0.4, 0.5) is 0 Å². The van der Waals surface area contributed by atoms with Crippen molar-refractivity contribution in [3.8, 4) is 5.75 Å². The van der Waals surface area contributed by atoms with Crippen LogP contribution in [0.5, 0.6) is 5.75 Å². The number of likely N-dealkylation sites (N-methyl/N-ethyl adjacent to an activating group) is 1. The first-order chi connectivity index (χ1) is 15.8. The summed E-state index contributed by atoms with van der Waals surface area (Å²) in [6.45, 7) is 4.10. The highest BCUT2D eigenvalue weighted by Gasteiger charge is 2.64. The number of hydrogen-bond donors (Lipinski definition) is 5. The van der Waals surface area contributed by atoms with Crippen LogP contribution in [0.2, 0.25) is 0 Å². The number of aliphatic hydroxyl groups is 3. The third kappa shape index (κ3) is 3.18. The maximum absolute atomic E-state index is 13.7. The molecule has 1 fully saturated rings. The number of Topliss-reactive ketones (excluding diaryl/α,β-unsaturated/α-hetero) is 2. The van der Waals surface area contributed by atoms with E-state index in [4.69, 9.17) is 5.73 Å². The van der Waals surface area contributed by atoms with Gasteiger partial charge in [0, 0.05) is 11.5 Å². The third-order valence-corrected chi connectivity index (χ3v) is 7.33. The highest BCUT2D eigenvalue weighted by Crippen LogP contribution is 2.53. The van der Waals surface area contributed by atoms with Crippen LogP contribution in [-0.4, -0.2) is 68.5 Å². The van der Waals surface area contributed by atoms with Crippen molar-refractivity contribution in [2.45, 2.75) is 44.8 Å². The van der Waals surface area contributed by atoms with Crippen molar-refractivity contribution in [3.63, 3.8) is 0 Å². The molecule has 3 aliphatic carbocycles. The molecule has 0 bridgehead atoms. The first-order valence-corrected chi connectivity index (χ1v) is 11.3. The van der Waals surface area contributed by atoms with E-state index in [9.17, 15) is 34.8 Å². The summed E-state index contributed by atoms with van der Waals surface area (Å²) in [4.78, 5) is 40.3. The Morgan fingerprint density at radius 2 is 1.85 bits per heavy atom. The van der Waals surface area contributed by atoms with E-state index in [2.05, 4.69) is 0 Å². The zero-order valence-corrected chi connectivity index (χ0v) is 19.6. The topological polar surface area (TPSA) is 161 Å². The van der Waals surface area contributed by atoms with Gasteiger partial charge >= 0.3 is 0 Å². The molecule has 0 saturated heterocycles. The molecule has 6 N–H and O–H groups in total. The molecule has 0 aliphatic heterocycles. The average molecular weight is 471 g/mol. The summed E-state index contributed by atoms with van der Waals surface area (Å²) in [5, 5.41) is 44.1. The lowest BCUT2D eigenvalue weighted by molar-refractivity contribution is -0.153. The number of carbonyl (C=O) groups is 3. The largest absolute Gasteiger partial charge is 0.508 e. The van der Waals surface area contributed by atoms with Gasteiger partial charge in [-0.2, -0.15) is 0 Å². The number of aliphatic hydroxyl groups excluding tert-OH is 2. The molecule has 1 amide bonds. The number of nitrogens with two attached hydrogens (primary N) is 1. The Hall–Kier alpha value is -3.17. The van der Waals surface area contributed by atoms with Gasteiger partial charge in [-0.3, -0.25) is 19.3 Å². The number of fused-ring (bicyclic) bond motifs is 3. The van der Waals surface area contributed by atoms with Crippen LogP contribution >= 0.6 is 0 Å². The van der Waals surface area contributed by atoms with E-state index in [-0.39, 0.29) is 23.3 Å². The van der Waals surface area contributed by atoms with Gasteiger partial charge in [-0.15, -0.1) is 0 Å². The quantitative estimate of drug-likeness (QED) is 0.410. The summed E-state index contributed by atoms with van der Waals surface area (Å²) in [6.07, 6.45) is 1.09. The van der Waals surface area contributed by atoms with Gasteiger partial charge in [0.15, 0.2) is 11.4 Å². The first-order valence-electron chi connectivity index (χ1n) is 11.3. The Morgan fingerprint density at radius 1 is 1.21 bits per heavy atom. The maximum atomic E-state index is 13.7. The molecule has 9 nitrogen and oxygen atoms in total. The molecule has 9 heteroatoms. The Morgan fingerprint density at radius 3 is 2.41 bits per heavy atom. The number of hydrogen-bond acceptors (Lipinski definition) is 8. The van der Waals surface area contributed by atoms with Gasteiger partial charge in [-0.1, -0.05) is 19.9 Å². The number of phenols is 1. The number of phenolic OH excluding ortho intramolecular Hbond substituents is 1. The van der Waals surface area contributed by atoms with E-state index in [1.165, 1.54) is 11.0 Å². The summed E-state index contributed by atoms with van der Waals surface area (Å²) in [5.74, 6) is -6.07. The predicted octanol–water partition coefficient (Wildman–Crippen LogP) is 1.16.